The molecule has 2 heterocycles. The van der Waals surface area contributed by atoms with Crippen molar-refractivity contribution >= 4 is 17.6 Å². The third-order valence-electron chi connectivity index (χ3n) is 4.22. The van der Waals surface area contributed by atoms with Crippen LogP contribution in [0, 0.1) is 0 Å². The van der Waals surface area contributed by atoms with Crippen molar-refractivity contribution in [3.63, 3.8) is 0 Å². The minimum absolute atomic E-state index is 0.0360. The molecule has 3 N–H and O–H groups in total. The first-order valence-corrected chi connectivity index (χ1v) is 8.73. The molecule has 0 aromatic carbocycles. The molecule has 2 aromatic heterocycles. The van der Waals surface area contributed by atoms with Crippen molar-refractivity contribution in [3.05, 3.63) is 30.5 Å². The third-order valence-corrected chi connectivity index (χ3v) is 4.22. The normalized spacial score (nSPS) is 14.9. The Kier molecular flexibility index (Phi) is 5.77. The van der Waals surface area contributed by atoms with Crippen molar-refractivity contribution < 1.29 is 9.90 Å². The lowest BCUT2D eigenvalue weighted by Gasteiger charge is -2.23. The van der Waals surface area contributed by atoms with E-state index in [2.05, 4.69) is 25.6 Å². The summed E-state index contributed by atoms with van der Waals surface area (Å²) in [7, 11) is 0. The number of carbonyl (C=O) groups is 1. The van der Waals surface area contributed by atoms with E-state index in [1.807, 2.05) is 24.3 Å². The topological polar surface area (TPSA) is 100 Å². The Hall–Kier alpha value is -2.70. The largest absolute Gasteiger partial charge is 0.481 e. The molecule has 0 radical (unpaired) electrons. The summed E-state index contributed by atoms with van der Waals surface area (Å²) in [5.74, 6) is 1.04. The summed E-state index contributed by atoms with van der Waals surface area (Å²) in [5, 5.41) is 15.4. The number of hydrogen-bond acceptors (Lipinski definition) is 6. The molecule has 25 heavy (non-hydrogen) atoms. The first kappa shape index (κ1) is 17.1. The Morgan fingerprint density at radius 3 is 2.68 bits per heavy atom. The summed E-state index contributed by atoms with van der Waals surface area (Å²) in [6.45, 7) is 0.316. The highest BCUT2D eigenvalue weighted by Gasteiger charge is 2.15. The number of nitrogens with one attached hydrogen (secondary N) is 2. The molecule has 7 heteroatoms. The molecule has 0 spiro atoms. The summed E-state index contributed by atoms with van der Waals surface area (Å²) in [6.07, 6.45) is 7.80. The number of aliphatic carboxylic acids is 1. The Morgan fingerprint density at radius 1 is 1.16 bits per heavy atom. The Labute approximate surface area is 146 Å². The second-order valence-corrected chi connectivity index (χ2v) is 6.23. The fourth-order valence-electron chi connectivity index (χ4n) is 2.97. The van der Waals surface area contributed by atoms with E-state index in [0.717, 1.165) is 18.7 Å². The minimum Gasteiger partial charge on any atom is -0.481 e. The summed E-state index contributed by atoms with van der Waals surface area (Å²) in [5.41, 5.74) is 0.691. The number of pyridine rings is 1. The zero-order valence-corrected chi connectivity index (χ0v) is 14.1. The lowest BCUT2D eigenvalue weighted by Crippen LogP contribution is -2.23. The van der Waals surface area contributed by atoms with Crippen LogP contribution >= 0.6 is 0 Å². The van der Waals surface area contributed by atoms with Crippen molar-refractivity contribution in [3.8, 4) is 11.5 Å². The number of hydrogen-bond donors (Lipinski definition) is 3. The van der Waals surface area contributed by atoms with Gasteiger partial charge in [0.2, 0.25) is 0 Å². The average molecular weight is 341 g/mol. The first-order valence-electron chi connectivity index (χ1n) is 8.73. The van der Waals surface area contributed by atoms with Crippen LogP contribution in [0.25, 0.3) is 11.5 Å². The maximum atomic E-state index is 10.7. The van der Waals surface area contributed by atoms with E-state index in [9.17, 15) is 4.79 Å². The van der Waals surface area contributed by atoms with E-state index >= 15 is 0 Å². The molecule has 0 atom stereocenters. The van der Waals surface area contributed by atoms with Crippen LogP contribution in [0.2, 0.25) is 0 Å². The summed E-state index contributed by atoms with van der Waals surface area (Å²) in [4.78, 5) is 24.1. The second kappa shape index (κ2) is 8.41. The van der Waals surface area contributed by atoms with Crippen LogP contribution in [0.5, 0.6) is 0 Å². The standard InChI is InChI=1S/C18H23N5O2/c24-17(25)9-11-20-15-12-16(21-13-6-2-1-3-7-13)23-18(22-15)14-8-4-5-10-19-14/h4-5,8,10,12-13H,1-3,6-7,9,11H2,(H,24,25)(H2,20,21,22,23). The van der Waals surface area contributed by atoms with Gasteiger partial charge in [0.05, 0.1) is 6.42 Å². The summed E-state index contributed by atoms with van der Waals surface area (Å²) < 4.78 is 0. The molecule has 1 fully saturated rings. The van der Waals surface area contributed by atoms with Gasteiger partial charge >= 0.3 is 5.97 Å². The molecule has 132 valence electrons. The number of rotatable bonds is 7. The van der Waals surface area contributed by atoms with Gasteiger partial charge in [-0.15, -0.1) is 0 Å². The van der Waals surface area contributed by atoms with Crippen molar-refractivity contribution in [2.45, 2.75) is 44.6 Å². The Morgan fingerprint density at radius 2 is 1.96 bits per heavy atom. The number of aromatic nitrogens is 3. The Bertz CT molecular complexity index is 702. The van der Waals surface area contributed by atoms with Crippen molar-refractivity contribution in [1.29, 1.82) is 0 Å². The minimum atomic E-state index is -0.841. The van der Waals surface area contributed by atoms with Gasteiger partial charge in [0.1, 0.15) is 17.3 Å². The number of carboxylic acids is 1. The maximum Gasteiger partial charge on any atom is 0.305 e. The lowest BCUT2D eigenvalue weighted by atomic mass is 9.95. The van der Waals surface area contributed by atoms with E-state index in [0.29, 0.717) is 29.9 Å². The van der Waals surface area contributed by atoms with Gasteiger partial charge in [0.25, 0.3) is 0 Å². The first-order chi connectivity index (χ1) is 12.2. The highest BCUT2D eigenvalue weighted by molar-refractivity contribution is 5.67. The van der Waals surface area contributed by atoms with E-state index in [4.69, 9.17) is 5.11 Å². The molecule has 0 saturated heterocycles. The second-order valence-electron chi connectivity index (χ2n) is 6.23. The molecule has 1 aliphatic carbocycles. The molecule has 0 amide bonds. The molecule has 2 aromatic rings. The highest BCUT2D eigenvalue weighted by atomic mass is 16.4. The van der Waals surface area contributed by atoms with Gasteiger partial charge in [-0.2, -0.15) is 0 Å². The summed E-state index contributed by atoms with van der Waals surface area (Å²) in [6, 6.07) is 7.86. The quantitative estimate of drug-likeness (QED) is 0.711. The van der Waals surface area contributed by atoms with Crippen LogP contribution in [0.1, 0.15) is 38.5 Å². The van der Waals surface area contributed by atoms with E-state index < -0.39 is 5.97 Å². The average Bonchev–Trinajstić information content (AvgIpc) is 2.63. The van der Waals surface area contributed by atoms with Gasteiger partial charge in [-0.3, -0.25) is 9.78 Å². The third kappa shape index (κ3) is 5.14. The monoisotopic (exact) mass is 341 g/mol. The molecule has 3 rings (SSSR count). The maximum absolute atomic E-state index is 10.7. The molecule has 0 bridgehead atoms. The van der Waals surface area contributed by atoms with Crippen molar-refractivity contribution in [2.75, 3.05) is 17.2 Å². The molecular weight excluding hydrogens is 318 g/mol. The van der Waals surface area contributed by atoms with Gasteiger partial charge in [-0.1, -0.05) is 25.3 Å². The van der Waals surface area contributed by atoms with Crippen LogP contribution in [-0.2, 0) is 4.79 Å². The van der Waals surface area contributed by atoms with Gasteiger partial charge in [0.15, 0.2) is 5.82 Å². The van der Waals surface area contributed by atoms with Crippen LogP contribution in [-0.4, -0.2) is 38.6 Å². The van der Waals surface area contributed by atoms with Crippen LogP contribution in [0.3, 0.4) is 0 Å². The molecule has 1 saturated carbocycles. The predicted octanol–water partition coefficient (Wildman–Crippen LogP) is 3.17. The predicted molar refractivity (Wildman–Crippen MR) is 96.5 cm³/mol. The van der Waals surface area contributed by atoms with Crippen molar-refractivity contribution in [2.24, 2.45) is 0 Å². The van der Waals surface area contributed by atoms with Crippen molar-refractivity contribution in [1.82, 2.24) is 15.0 Å². The van der Waals surface area contributed by atoms with Gasteiger partial charge in [-0.25, -0.2) is 9.97 Å². The van der Waals surface area contributed by atoms with E-state index in [1.54, 1.807) is 6.20 Å². The zero-order valence-electron chi connectivity index (χ0n) is 14.1. The number of carboxylic acid groups (broad SMARTS) is 1. The van der Waals surface area contributed by atoms with Gasteiger partial charge in [0, 0.05) is 24.8 Å². The number of nitrogens with zero attached hydrogens (tertiary/aromatic N) is 3. The molecule has 1 aliphatic rings. The number of anilines is 2. The Balaban J connectivity index is 1.80. The molecule has 0 aliphatic heterocycles. The van der Waals surface area contributed by atoms with Crippen LogP contribution in [0.4, 0.5) is 11.6 Å². The molecular formula is C18H23N5O2. The zero-order chi connectivity index (χ0) is 17.5. The van der Waals surface area contributed by atoms with Crippen LogP contribution in [0.15, 0.2) is 30.5 Å². The van der Waals surface area contributed by atoms with Gasteiger partial charge < -0.3 is 15.7 Å². The van der Waals surface area contributed by atoms with Gasteiger partial charge in [-0.05, 0) is 25.0 Å². The van der Waals surface area contributed by atoms with E-state index in [1.165, 1.54) is 19.3 Å². The fraction of sp³-hybridized carbons (Fsp3) is 0.444. The van der Waals surface area contributed by atoms with E-state index in [-0.39, 0.29) is 6.42 Å². The smallest absolute Gasteiger partial charge is 0.305 e. The van der Waals surface area contributed by atoms with Crippen LogP contribution < -0.4 is 10.6 Å². The lowest BCUT2D eigenvalue weighted by molar-refractivity contribution is -0.136. The SMILES string of the molecule is O=C(O)CCNc1cc(NC2CCCCC2)nc(-c2ccccn2)n1. The highest BCUT2D eigenvalue weighted by Crippen LogP contribution is 2.23. The molecule has 0 unspecified atom stereocenters. The molecule has 7 nitrogen and oxygen atoms in total. The fourth-order valence-corrected chi connectivity index (χ4v) is 2.97. The summed E-state index contributed by atoms with van der Waals surface area (Å²) >= 11 is 0.